The molecule has 3 nitrogen and oxygen atoms in total. The van der Waals surface area contributed by atoms with Crippen LogP contribution in [0, 0.1) is 0 Å². The van der Waals surface area contributed by atoms with E-state index < -0.39 is 0 Å². The molecule has 84 valence electrons. The Morgan fingerprint density at radius 1 is 1.43 bits per heavy atom. The predicted molar refractivity (Wildman–Crippen MR) is 59.4 cm³/mol. The van der Waals surface area contributed by atoms with E-state index >= 15 is 0 Å². The molecule has 1 atom stereocenters. The molecule has 0 amide bonds. The Labute approximate surface area is 87.7 Å². The molecule has 0 saturated carbocycles. The van der Waals surface area contributed by atoms with Gasteiger partial charge in [-0.15, -0.1) is 0 Å². The Bertz CT molecular complexity index is 182. The molecule has 1 aliphatic heterocycles. The van der Waals surface area contributed by atoms with Crippen molar-refractivity contribution in [1.82, 2.24) is 9.80 Å². The zero-order valence-corrected chi connectivity index (χ0v) is 9.95. The normalized spacial score (nSPS) is 29.4. The molecule has 0 bridgehead atoms. The first-order valence-electron chi connectivity index (χ1n) is 5.57. The van der Waals surface area contributed by atoms with Gasteiger partial charge in [-0.25, -0.2) is 0 Å². The number of rotatable bonds is 3. The molecule has 0 aromatic heterocycles. The van der Waals surface area contributed by atoms with Gasteiger partial charge in [0.15, 0.2) is 0 Å². The maximum Gasteiger partial charge on any atom is 0.0446 e. The first kappa shape index (κ1) is 12.0. The average molecular weight is 200 g/mol. The summed E-state index contributed by atoms with van der Waals surface area (Å²) < 4.78 is 0. The van der Waals surface area contributed by atoms with Crippen LogP contribution in [0.4, 0.5) is 0 Å². The van der Waals surface area contributed by atoms with E-state index in [-0.39, 0.29) is 5.54 Å². The summed E-state index contributed by atoms with van der Waals surface area (Å²) in [7, 11) is 2.18. The highest BCUT2D eigenvalue weighted by molar-refractivity contribution is 4.92. The van der Waals surface area contributed by atoms with Gasteiger partial charge in [0.1, 0.15) is 0 Å². The van der Waals surface area contributed by atoms with Crippen LogP contribution in [-0.2, 0) is 0 Å². The first-order valence-corrected chi connectivity index (χ1v) is 5.57. The van der Waals surface area contributed by atoms with Crippen LogP contribution in [0.3, 0.4) is 0 Å². The Morgan fingerprint density at radius 2 is 2.07 bits per heavy atom. The molecule has 3 heteroatoms. The molecule has 0 aromatic carbocycles. The van der Waals surface area contributed by atoms with Crippen LogP contribution in [0.25, 0.3) is 0 Å². The molecule has 0 aliphatic carbocycles. The molecular weight excluding hydrogens is 176 g/mol. The van der Waals surface area contributed by atoms with Crippen LogP contribution in [0.2, 0.25) is 0 Å². The van der Waals surface area contributed by atoms with E-state index in [1.807, 2.05) is 0 Å². The van der Waals surface area contributed by atoms with E-state index in [0.717, 1.165) is 26.1 Å². The Hall–Kier alpha value is -0.120. The number of likely N-dealkylation sites (N-methyl/N-ethyl adjacent to an activating group) is 2. The first-order chi connectivity index (χ1) is 6.51. The third kappa shape index (κ3) is 2.47. The molecule has 0 aromatic rings. The monoisotopic (exact) mass is 200 g/mol. The second-order valence-electron chi connectivity index (χ2n) is 4.92. The summed E-state index contributed by atoms with van der Waals surface area (Å²) >= 11 is 0. The largest absolute Gasteiger partial charge is 0.396 e. The summed E-state index contributed by atoms with van der Waals surface area (Å²) in [5.74, 6) is 0. The molecule has 1 unspecified atom stereocenters. The third-order valence-electron chi connectivity index (χ3n) is 3.49. The van der Waals surface area contributed by atoms with E-state index in [0.29, 0.717) is 12.6 Å². The Balaban J connectivity index is 2.63. The third-order valence-corrected chi connectivity index (χ3v) is 3.49. The summed E-state index contributed by atoms with van der Waals surface area (Å²) in [6, 6.07) is 0.531. The van der Waals surface area contributed by atoms with Crippen LogP contribution in [0.1, 0.15) is 27.2 Å². The summed E-state index contributed by atoms with van der Waals surface area (Å²) in [4.78, 5) is 4.88. The lowest BCUT2D eigenvalue weighted by Gasteiger charge is -2.49. The fourth-order valence-corrected chi connectivity index (χ4v) is 2.22. The summed E-state index contributed by atoms with van der Waals surface area (Å²) in [5, 5.41) is 9.00. The molecule has 1 aliphatic rings. The molecule has 1 rings (SSSR count). The van der Waals surface area contributed by atoms with Crippen molar-refractivity contribution in [2.24, 2.45) is 0 Å². The Kier molecular flexibility index (Phi) is 3.93. The van der Waals surface area contributed by atoms with Crippen molar-refractivity contribution in [3.63, 3.8) is 0 Å². The molecule has 1 N–H and O–H groups in total. The minimum atomic E-state index is 0.266. The zero-order valence-electron chi connectivity index (χ0n) is 9.95. The van der Waals surface area contributed by atoms with Crippen molar-refractivity contribution in [2.75, 3.05) is 33.3 Å². The number of piperazine rings is 1. The van der Waals surface area contributed by atoms with Crippen LogP contribution in [-0.4, -0.2) is 59.8 Å². The van der Waals surface area contributed by atoms with Crippen LogP contribution < -0.4 is 0 Å². The lowest BCUT2D eigenvalue weighted by Crippen LogP contribution is -2.61. The maximum atomic E-state index is 9.00. The van der Waals surface area contributed by atoms with Crippen LogP contribution in [0.5, 0.6) is 0 Å². The van der Waals surface area contributed by atoms with Crippen molar-refractivity contribution in [3.05, 3.63) is 0 Å². The molecule has 1 saturated heterocycles. The minimum Gasteiger partial charge on any atom is -0.396 e. The highest BCUT2D eigenvalue weighted by Crippen LogP contribution is 2.23. The smallest absolute Gasteiger partial charge is 0.0446 e. The molecule has 0 radical (unpaired) electrons. The number of aliphatic hydroxyl groups is 1. The van der Waals surface area contributed by atoms with Gasteiger partial charge in [-0.1, -0.05) is 6.92 Å². The second kappa shape index (κ2) is 4.60. The topological polar surface area (TPSA) is 26.7 Å². The maximum absolute atomic E-state index is 9.00. The molecule has 1 fully saturated rings. The van der Waals surface area contributed by atoms with Gasteiger partial charge in [-0.05, 0) is 33.9 Å². The van der Waals surface area contributed by atoms with Gasteiger partial charge < -0.3 is 5.11 Å². The van der Waals surface area contributed by atoms with Gasteiger partial charge in [0.2, 0.25) is 0 Å². The van der Waals surface area contributed by atoms with Crippen molar-refractivity contribution < 1.29 is 5.11 Å². The number of hydrogen-bond acceptors (Lipinski definition) is 3. The van der Waals surface area contributed by atoms with Crippen LogP contribution in [0.15, 0.2) is 0 Å². The van der Waals surface area contributed by atoms with E-state index in [1.54, 1.807) is 0 Å². The number of hydrogen-bond donors (Lipinski definition) is 1. The van der Waals surface area contributed by atoms with E-state index in [9.17, 15) is 0 Å². The van der Waals surface area contributed by atoms with E-state index in [4.69, 9.17) is 5.11 Å². The molecular formula is C11H24N2O. The predicted octanol–water partition coefficient (Wildman–Crippen LogP) is 0.783. The summed E-state index contributed by atoms with van der Waals surface area (Å²) in [5.41, 5.74) is 0.266. The standard InChI is InChI=1S/C11H24N2O/c1-5-13-9-11(2,3)12(4)8-10(13)6-7-14/h10,14H,5-9H2,1-4H3. The molecule has 1 heterocycles. The van der Waals surface area contributed by atoms with Crippen molar-refractivity contribution in [1.29, 1.82) is 0 Å². The lowest BCUT2D eigenvalue weighted by atomic mass is 9.95. The average Bonchev–Trinajstić information content (AvgIpc) is 2.12. The van der Waals surface area contributed by atoms with Crippen molar-refractivity contribution in [2.45, 2.75) is 38.8 Å². The highest BCUT2D eigenvalue weighted by atomic mass is 16.3. The lowest BCUT2D eigenvalue weighted by molar-refractivity contribution is -0.00618. The molecule has 0 spiro atoms. The van der Waals surface area contributed by atoms with Gasteiger partial charge in [-0.2, -0.15) is 0 Å². The van der Waals surface area contributed by atoms with Gasteiger partial charge in [0.05, 0.1) is 0 Å². The molecule has 14 heavy (non-hydrogen) atoms. The summed E-state index contributed by atoms with van der Waals surface area (Å²) in [6.07, 6.45) is 0.897. The van der Waals surface area contributed by atoms with Crippen molar-refractivity contribution in [3.8, 4) is 0 Å². The van der Waals surface area contributed by atoms with E-state index in [2.05, 4.69) is 37.6 Å². The highest BCUT2D eigenvalue weighted by Gasteiger charge is 2.35. The van der Waals surface area contributed by atoms with Gasteiger partial charge in [-0.3, -0.25) is 9.80 Å². The van der Waals surface area contributed by atoms with Gasteiger partial charge in [0.25, 0.3) is 0 Å². The quantitative estimate of drug-likeness (QED) is 0.729. The van der Waals surface area contributed by atoms with E-state index in [1.165, 1.54) is 0 Å². The number of aliphatic hydroxyl groups excluding tert-OH is 1. The van der Waals surface area contributed by atoms with Crippen LogP contribution >= 0.6 is 0 Å². The summed E-state index contributed by atoms with van der Waals surface area (Å²) in [6.45, 7) is 10.3. The fraction of sp³-hybridized carbons (Fsp3) is 1.00. The number of nitrogens with zero attached hydrogens (tertiary/aromatic N) is 2. The Morgan fingerprint density at radius 3 is 2.57 bits per heavy atom. The van der Waals surface area contributed by atoms with Gasteiger partial charge in [0, 0.05) is 31.3 Å². The zero-order chi connectivity index (χ0) is 10.8. The fourth-order valence-electron chi connectivity index (χ4n) is 2.22. The second-order valence-corrected chi connectivity index (χ2v) is 4.92. The van der Waals surface area contributed by atoms with Gasteiger partial charge >= 0.3 is 0 Å². The van der Waals surface area contributed by atoms with Crippen molar-refractivity contribution >= 4 is 0 Å². The SMILES string of the molecule is CCN1CC(C)(C)N(C)CC1CCO. The minimum absolute atomic E-state index is 0.266.